The van der Waals surface area contributed by atoms with E-state index in [1.54, 1.807) is 6.20 Å². The van der Waals surface area contributed by atoms with Crippen LogP contribution in [-0.4, -0.2) is 63.3 Å². The Balaban J connectivity index is 1.52. The van der Waals surface area contributed by atoms with Crippen LogP contribution >= 0.6 is 0 Å². The van der Waals surface area contributed by atoms with Crippen LogP contribution in [0.4, 0.5) is 10.2 Å². The predicted molar refractivity (Wildman–Crippen MR) is 135 cm³/mol. The monoisotopic (exact) mass is 491 g/mol. The van der Waals surface area contributed by atoms with E-state index in [9.17, 15) is 4.39 Å². The number of hydrogen-bond acceptors (Lipinski definition) is 8. The topological polar surface area (TPSA) is 104 Å². The Kier molecular flexibility index (Phi) is 7.06. The molecule has 0 atom stereocenters. The lowest BCUT2D eigenvalue weighted by molar-refractivity contribution is 0.0483. The number of aromatic nitrogens is 5. The maximum Gasteiger partial charge on any atom is 0.320 e. The smallest absolute Gasteiger partial charge is 0.320 e. The quantitative estimate of drug-likeness (QED) is 0.399. The minimum Gasteiger partial charge on any atom is -0.463 e. The minimum absolute atomic E-state index is 0.206. The average Bonchev–Trinajstić information content (AvgIpc) is 3.23. The molecule has 4 aromatic rings. The van der Waals surface area contributed by atoms with E-state index in [2.05, 4.69) is 44.1 Å². The van der Waals surface area contributed by atoms with Gasteiger partial charge in [-0.05, 0) is 50.0 Å². The molecule has 5 rings (SSSR count). The first-order chi connectivity index (χ1) is 17.5. The van der Waals surface area contributed by atoms with Crippen molar-refractivity contribution in [3.8, 4) is 17.4 Å². The molecule has 2 N–H and O–H groups in total. The Morgan fingerprint density at radius 2 is 1.83 bits per heavy atom. The van der Waals surface area contributed by atoms with Crippen LogP contribution in [0.1, 0.15) is 24.0 Å². The summed E-state index contributed by atoms with van der Waals surface area (Å²) in [5, 5.41) is 0. The number of fused-ring (bicyclic) bond motifs is 1. The highest BCUT2D eigenvalue weighted by atomic mass is 19.1. The van der Waals surface area contributed by atoms with E-state index in [-0.39, 0.29) is 11.8 Å². The second-order valence-corrected chi connectivity index (χ2v) is 9.40. The molecular weight excluding hydrogens is 461 g/mol. The standard InChI is InChI=1S/C26H30FN7O2/c1-33(2)14-17-3-5-18(6-4-17)15-34-24(20-11-21(27)13-29-12-20)30-22-23(28)31-26(32-25(22)34)36-16-19-7-9-35-10-8-19/h3-6,11-13,19H,7-10,14-16H2,1-2H3,(H2,28,31,32). The van der Waals surface area contributed by atoms with Gasteiger partial charge in [0.05, 0.1) is 19.3 Å². The number of imidazole rings is 1. The van der Waals surface area contributed by atoms with E-state index in [0.717, 1.165) is 44.4 Å². The average molecular weight is 492 g/mol. The molecule has 0 amide bonds. The number of ether oxygens (including phenoxy) is 2. The van der Waals surface area contributed by atoms with Crippen molar-refractivity contribution in [2.24, 2.45) is 5.92 Å². The number of benzene rings is 1. The molecule has 4 heterocycles. The summed E-state index contributed by atoms with van der Waals surface area (Å²) in [6.07, 6.45) is 4.62. The van der Waals surface area contributed by atoms with Crippen LogP contribution in [0.15, 0.2) is 42.7 Å². The van der Waals surface area contributed by atoms with Gasteiger partial charge in [0.2, 0.25) is 0 Å². The number of nitrogens with two attached hydrogens (primary N) is 1. The molecule has 10 heteroatoms. The fraction of sp³-hybridized carbons (Fsp3) is 0.385. The van der Waals surface area contributed by atoms with Crippen LogP contribution in [-0.2, 0) is 17.8 Å². The van der Waals surface area contributed by atoms with Crippen LogP contribution in [0.5, 0.6) is 6.01 Å². The SMILES string of the molecule is CN(C)Cc1ccc(Cn2c(-c3cncc(F)c3)nc3c(N)nc(OCC4CCOCC4)nc32)cc1. The zero-order valence-corrected chi connectivity index (χ0v) is 20.5. The highest BCUT2D eigenvalue weighted by Gasteiger charge is 2.21. The molecule has 3 aromatic heterocycles. The molecule has 36 heavy (non-hydrogen) atoms. The lowest BCUT2D eigenvalue weighted by atomic mass is 10.0. The second-order valence-electron chi connectivity index (χ2n) is 9.40. The first-order valence-electron chi connectivity index (χ1n) is 12.0. The molecule has 0 aliphatic carbocycles. The highest BCUT2D eigenvalue weighted by molar-refractivity contribution is 5.85. The van der Waals surface area contributed by atoms with Crippen LogP contribution < -0.4 is 10.5 Å². The third-order valence-electron chi connectivity index (χ3n) is 6.22. The molecule has 1 aromatic carbocycles. The molecule has 0 saturated carbocycles. The van der Waals surface area contributed by atoms with Crippen LogP contribution in [0.2, 0.25) is 0 Å². The van der Waals surface area contributed by atoms with Crippen molar-refractivity contribution in [1.82, 2.24) is 29.4 Å². The van der Waals surface area contributed by atoms with Gasteiger partial charge in [0.25, 0.3) is 0 Å². The molecule has 1 aliphatic heterocycles. The number of anilines is 1. The summed E-state index contributed by atoms with van der Waals surface area (Å²) >= 11 is 0. The van der Waals surface area contributed by atoms with Crippen molar-refractivity contribution in [2.45, 2.75) is 25.9 Å². The van der Waals surface area contributed by atoms with Gasteiger partial charge in [-0.2, -0.15) is 9.97 Å². The molecule has 1 fully saturated rings. The van der Waals surface area contributed by atoms with Gasteiger partial charge in [0, 0.05) is 31.5 Å². The van der Waals surface area contributed by atoms with Crippen LogP contribution in [0.25, 0.3) is 22.6 Å². The van der Waals surface area contributed by atoms with Gasteiger partial charge in [-0.1, -0.05) is 24.3 Å². The van der Waals surface area contributed by atoms with Crippen molar-refractivity contribution >= 4 is 17.0 Å². The van der Waals surface area contributed by atoms with Gasteiger partial charge in [0.15, 0.2) is 17.0 Å². The molecular formula is C26H30FN7O2. The normalized spacial score (nSPS) is 14.6. The van der Waals surface area contributed by atoms with Crippen molar-refractivity contribution in [3.05, 3.63) is 59.7 Å². The van der Waals surface area contributed by atoms with Crippen molar-refractivity contribution in [1.29, 1.82) is 0 Å². The van der Waals surface area contributed by atoms with E-state index in [0.29, 0.717) is 41.6 Å². The Hall–Kier alpha value is -3.63. The zero-order chi connectivity index (χ0) is 25.1. The molecule has 188 valence electrons. The molecule has 9 nitrogen and oxygen atoms in total. The van der Waals surface area contributed by atoms with Gasteiger partial charge in [0.1, 0.15) is 11.6 Å². The van der Waals surface area contributed by atoms with Gasteiger partial charge in [-0.25, -0.2) is 9.37 Å². The summed E-state index contributed by atoms with van der Waals surface area (Å²) in [5.74, 6) is 0.669. The maximum atomic E-state index is 14.1. The van der Waals surface area contributed by atoms with Gasteiger partial charge in [-0.3, -0.25) is 4.98 Å². The fourth-order valence-corrected chi connectivity index (χ4v) is 4.37. The molecule has 1 aliphatic rings. The number of hydrogen-bond donors (Lipinski definition) is 1. The zero-order valence-electron chi connectivity index (χ0n) is 20.5. The van der Waals surface area contributed by atoms with Gasteiger partial charge < -0.3 is 24.7 Å². The number of nitrogen functional groups attached to an aromatic ring is 1. The van der Waals surface area contributed by atoms with Crippen molar-refractivity contribution < 1.29 is 13.9 Å². The largest absolute Gasteiger partial charge is 0.463 e. The third kappa shape index (κ3) is 5.44. The Morgan fingerprint density at radius 3 is 2.56 bits per heavy atom. The van der Waals surface area contributed by atoms with Crippen LogP contribution in [0.3, 0.4) is 0 Å². The predicted octanol–water partition coefficient (Wildman–Crippen LogP) is 3.52. The van der Waals surface area contributed by atoms with E-state index < -0.39 is 5.82 Å². The molecule has 0 spiro atoms. The first-order valence-corrected chi connectivity index (χ1v) is 12.0. The summed E-state index contributed by atoms with van der Waals surface area (Å²) in [4.78, 5) is 19.8. The van der Waals surface area contributed by atoms with E-state index in [1.807, 2.05) is 18.7 Å². The van der Waals surface area contributed by atoms with E-state index in [1.165, 1.54) is 11.6 Å². The number of rotatable bonds is 8. The number of nitrogens with zero attached hydrogens (tertiary/aromatic N) is 6. The molecule has 0 unspecified atom stereocenters. The number of pyridine rings is 1. The minimum atomic E-state index is -0.446. The van der Waals surface area contributed by atoms with Crippen LogP contribution in [0, 0.1) is 11.7 Å². The first kappa shape index (κ1) is 24.1. The molecule has 0 bridgehead atoms. The third-order valence-corrected chi connectivity index (χ3v) is 6.22. The van der Waals surface area contributed by atoms with Gasteiger partial charge in [-0.15, -0.1) is 0 Å². The second kappa shape index (κ2) is 10.5. The lowest BCUT2D eigenvalue weighted by Crippen LogP contribution is -2.22. The number of halogens is 1. The summed E-state index contributed by atoms with van der Waals surface area (Å²) in [7, 11) is 4.08. The lowest BCUT2D eigenvalue weighted by Gasteiger charge is -2.21. The van der Waals surface area contributed by atoms with E-state index in [4.69, 9.17) is 20.2 Å². The highest BCUT2D eigenvalue weighted by Crippen LogP contribution is 2.29. The van der Waals surface area contributed by atoms with Crippen molar-refractivity contribution in [3.63, 3.8) is 0 Å². The Morgan fingerprint density at radius 1 is 1.08 bits per heavy atom. The van der Waals surface area contributed by atoms with Crippen molar-refractivity contribution in [2.75, 3.05) is 39.6 Å². The maximum absolute atomic E-state index is 14.1. The summed E-state index contributed by atoms with van der Waals surface area (Å²) in [6.45, 7) is 3.28. The van der Waals surface area contributed by atoms with E-state index >= 15 is 0 Å². The molecule has 0 radical (unpaired) electrons. The Labute approximate surface area is 209 Å². The molecule has 1 saturated heterocycles. The summed E-state index contributed by atoms with van der Waals surface area (Å²) in [6, 6.07) is 9.96. The van der Waals surface area contributed by atoms with Gasteiger partial charge >= 0.3 is 6.01 Å². The fourth-order valence-electron chi connectivity index (χ4n) is 4.37. The Bertz CT molecular complexity index is 1330. The summed E-state index contributed by atoms with van der Waals surface area (Å²) < 4.78 is 27.3. The summed E-state index contributed by atoms with van der Waals surface area (Å²) in [5.41, 5.74) is 10.1.